The number of hydrogen-bond donors (Lipinski definition) is 0. The minimum absolute atomic E-state index is 0.432. The SMILES string of the molecule is C=CC(=O)OC(C)OCCCCOC(C)OC(=O)/C=C/c1ccccc1. The van der Waals surface area contributed by atoms with Crippen molar-refractivity contribution in [2.75, 3.05) is 13.2 Å². The van der Waals surface area contributed by atoms with Crippen molar-refractivity contribution in [3.05, 3.63) is 54.6 Å². The van der Waals surface area contributed by atoms with Gasteiger partial charge in [0, 0.05) is 12.2 Å². The first kappa shape index (κ1) is 21.6. The average Bonchev–Trinajstić information content (AvgIpc) is 2.63. The molecule has 0 aliphatic heterocycles. The number of benzene rings is 1. The van der Waals surface area contributed by atoms with Crippen molar-refractivity contribution in [2.45, 2.75) is 39.3 Å². The van der Waals surface area contributed by atoms with Gasteiger partial charge in [0.05, 0.1) is 13.2 Å². The third-order valence-electron chi connectivity index (χ3n) is 3.19. The fourth-order valence-corrected chi connectivity index (χ4v) is 1.91. The van der Waals surface area contributed by atoms with Gasteiger partial charge in [-0.2, -0.15) is 0 Å². The van der Waals surface area contributed by atoms with E-state index in [4.69, 9.17) is 18.9 Å². The lowest BCUT2D eigenvalue weighted by Crippen LogP contribution is -2.18. The molecule has 0 heterocycles. The van der Waals surface area contributed by atoms with Gasteiger partial charge in [0.1, 0.15) is 0 Å². The predicted molar refractivity (Wildman–Crippen MR) is 97.9 cm³/mol. The van der Waals surface area contributed by atoms with Gasteiger partial charge in [-0.3, -0.25) is 0 Å². The minimum Gasteiger partial charge on any atom is -0.433 e. The van der Waals surface area contributed by atoms with E-state index in [1.807, 2.05) is 30.3 Å². The van der Waals surface area contributed by atoms with Crippen molar-refractivity contribution in [3.63, 3.8) is 0 Å². The molecule has 0 aliphatic carbocycles. The molecule has 0 N–H and O–H groups in total. The van der Waals surface area contributed by atoms with Gasteiger partial charge in [0.15, 0.2) is 12.6 Å². The largest absolute Gasteiger partial charge is 0.433 e. The highest BCUT2D eigenvalue weighted by Gasteiger charge is 2.08. The third-order valence-corrected chi connectivity index (χ3v) is 3.19. The summed E-state index contributed by atoms with van der Waals surface area (Å²) in [6.45, 7) is 7.49. The van der Waals surface area contributed by atoms with Crippen LogP contribution in [-0.2, 0) is 28.5 Å². The van der Waals surface area contributed by atoms with E-state index in [2.05, 4.69) is 6.58 Å². The van der Waals surface area contributed by atoms with E-state index in [1.54, 1.807) is 19.9 Å². The van der Waals surface area contributed by atoms with Crippen molar-refractivity contribution in [1.82, 2.24) is 0 Å². The minimum atomic E-state index is -0.628. The lowest BCUT2D eigenvalue weighted by atomic mass is 10.2. The monoisotopic (exact) mass is 362 g/mol. The molecule has 6 nitrogen and oxygen atoms in total. The molecule has 0 aromatic heterocycles. The van der Waals surface area contributed by atoms with Crippen molar-refractivity contribution in [2.24, 2.45) is 0 Å². The van der Waals surface area contributed by atoms with Crippen molar-refractivity contribution < 1.29 is 28.5 Å². The quantitative estimate of drug-likeness (QED) is 0.245. The summed E-state index contributed by atoms with van der Waals surface area (Å²) in [6, 6.07) is 9.48. The Labute approximate surface area is 154 Å². The summed E-state index contributed by atoms with van der Waals surface area (Å²) in [4.78, 5) is 22.7. The maximum absolute atomic E-state index is 11.7. The van der Waals surface area contributed by atoms with Crippen LogP contribution in [0.4, 0.5) is 0 Å². The Hall–Kier alpha value is -2.44. The van der Waals surface area contributed by atoms with Crippen LogP contribution in [0.5, 0.6) is 0 Å². The second-order valence-corrected chi connectivity index (χ2v) is 5.41. The summed E-state index contributed by atoms with van der Waals surface area (Å²) in [5, 5.41) is 0. The van der Waals surface area contributed by atoms with E-state index >= 15 is 0 Å². The molecule has 0 aliphatic rings. The van der Waals surface area contributed by atoms with E-state index in [1.165, 1.54) is 6.08 Å². The van der Waals surface area contributed by atoms with Crippen LogP contribution in [0.2, 0.25) is 0 Å². The summed E-state index contributed by atoms with van der Waals surface area (Å²) in [5.74, 6) is -0.972. The van der Waals surface area contributed by atoms with E-state index in [-0.39, 0.29) is 0 Å². The molecule has 2 atom stereocenters. The van der Waals surface area contributed by atoms with E-state index < -0.39 is 24.5 Å². The molecule has 0 amide bonds. The van der Waals surface area contributed by atoms with E-state index in [0.29, 0.717) is 13.2 Å². The lowest BCUT2D eigenvalue weighted by Gasteiger charge is -2.14. The molecule has 1 aromatic carbocycles. The maximum Gasteiger partial charge on any atom is 0.333 e. The van der Waals surface area contributed by atoms with Crippen molar-refractivity contribution >= 4 is 18.0 Å². The van der Waals surface area contributed by atoms with Crippen LogP contribution in [0.15, 0.2) is 49.1 Å². The zero-order chi connectivity index (χ0) is 19.2. The van der Waals surface area contributed by atoms with Crippen LogP contribution in [-0.4, -0.2) is 37.7 Å². The molecule has 1 rings (SSSR count). The molecule has 0 saturated heterocycles. The number of carbonyl (C=O) groups is 2. The first-order chi connectivity index (χ1) is 12.5. The zero-order valence-electron chi connectivity index (χ0n) is 15.3. The van der Waals surface area contributed by atoms with Crippen molar-refractivity contribution in [3.8, 4) is 0 Å². The predicted octanol–water partition coefficient (Wildman–Crippen LogP) is 3.48. The molecule has 0 saturated carbocycles. The van der Waals surface area contributed by atoms with Crippen LogP contribution in [0.25, 0.3) is 6.08 Å². The number of unbranched alkanes of at least 4 members (excludes halogenated alkanes) is 1. The number of ether oxygens (including phenoxy) is 4. The number of rotatable bonds is 12. The fraction of sp³-hybridized carbons (Fsp3) is 0.400. The van der Waals surface area contributed by atoms with Gasteiger partial charge in [0.25, 0.3) is 0 Å². The smallest absolute Gasteiger partial charge is 0.333 e. The molecule has 1 aromatic rings. The molecular weight excluding hydrogens is 336 g/mol. The summed E-state index contributed by atoms with van der Waals surface area (Å²) >= 11 is 0. The zero-order valence-corrected chi connectivity index (χ0v) is 15.3. The van der Waals surface area contributed by atoms with E-state index in [0.717, 1.165) is 24.5 Å². The number of esters is 2. The highest BCUT2D eigenvalue weighted by atomic mass is 16.7. The molecule has 6 heteroatoms. The highest BCUT2D eigenvalue weighted by molar-refractivity contribution is 5.87. The van der Waals surface area contributed by atoms with Gasteiger partial charge < -0.3 is 18.9 Å². The van der Waals surface area contributed by atoms with Gasteiger partial charge in [-0.15, -0.1) is 0 Å². The maximum atomic E-state index is 11.7. The molecule has 142 valence electrons. The Balaban J connectivity index is 2.08. The summed E-state index contributed by atoms with van der Waals surface area (Å²) in [6.07, 6.45) is 4.36. The first-order valence-corrected chi connectivity index (χ1v) is 8.51. The van der Waals surface area contributed by atoms with Gasteiger partial charge >= 0.3 is 11.9 Å². The van der Waals surface area contributed by atoms with Gasteiger partial charge in [0.2, 0.25) is 0 Å². The number of hydrogen-bond acceptors (Lipinski definition) is 6. The Morgan fingerprint density at radius 1 is 0.962 bits per heavy atom. The molecule has 2 unspecified atom stereocenters. The topological polar surface area (TPSA) is 71.1 Å². The summed E-state index contributed by atoms with van der Waals surface area (Å²) in [7, 11) is 0. The normalized spacial score (nSPS) is 13.2. The van der Waals surface area contributed by atoms with Crippen LogP contribution in [0, 0.1) is 0 Å². The number of carbonyl (C=O) groups excluding carboxylic acids is 2. The average molecular weight is 362 g/mol. The van der Waals surface area contributed by atoms with Gasteiger partial charge in [-0.1, -0.05) is 36.9 Å². The van der Waals surface area contributed by atoms with Crippen LogP contribution in [0.1, 0.15) is 32.3 Å². The first-order valence-electron chi connectivity index (χ1n) is 8.51. The molecule has 0 bridgehead atoms. The summed E-state index contributed by atoms with van der Waals surface area (Å²) < 4.78 is 20.7. The molecule has 0 radical (unpaired) electrons. The molecule has 26 heavy (non-hydrogen) atoms. The van der Waals surface area contributed by atoms with Gasteiger partial charge in [-0.05, 0) is 38.3 Å². The van der Waals surface area contributed by atoms with Crippen molar-refractivity contribution in [1.29, 1.82) is 0 Å². The Bertz CT molecular complexity index is 581. The second-order valence-electron chi connectivity index (χ2n) is 5.41. The standard InChI is InChI=1S/C20H26O6/c1-4-19(21)25-16(2)23-14-8-9-15-24-17(3)26-20(22)13-12-18-10-6-5-7-11-18/h4-7,10-13,16-17H,1,8-9,14-15H2,2-3H3/b13-12+. The summed E-state index contributed by atoms with van der Waals surface area (Å²) in [5.41, 5.74) is 0.922. The molecule has 0 fully saturated rings. The lowest BCUT2D eigenvalue weighted by molar-refractivity contribution is -0.172. The molecule has 0 spiro atoms. The van der Waals surface area contributed by atoms with Gasteiger partial charge in [-0.25, -0.2) is 9.59 Å². The van der Waals surface area contributed by atoms with Crippen LogP contribution >= 0.6 is 0 Å². The third kappa shape index (κ3) is 10.4. The van der Waals surface area contributed by atoms with Crippen LogP contribution < -0.4 is 0 Å². The van der Waals surface area contributed by atoms with Crippen LogP contribution in [0.3, 0.4) is 0 Å². The Kier molecular flexibility index (Phi) is 10.7. The van der Waals surface area contributed by atoms with E-state index in [9.17, 15) is 9.59 Å². The Morgan fingerprint density at radius 2 is 1.50 bits per heavy atom. The Morgan fingerprint density at radius 3 is 2.04 bits per heavy atom. The fourth-order valence-electron chi connectivity index (χ4n) is 1.91. The molecular formula is C20H26O6. The second kappa shape index (κ2) is 12.9. The highest BCUT2D eigenvalue weighted by Crippen LogP contribution is 2.04.